The largest absolute Gasteiger partial charge is 0.496 e. The lowest BCUT2D eigenvalue weighted by molar-refractivity contribution is -0.0582. The van der Waals surface area contributed by atoms with Crippen molar-refractivity contribution in [1.82, 2.24) is 0 Å². The summed E-state index contributed by atoms with van der Waals surface area (Å²) in [7, 11) is 1.63. The summed E-state index contributed by atoms with van der Waals surface area (Å²) in [5, 5.41) is 14.0. The first kappa shape index (κ1) is 18.0. The predicted octanol–water partition coefficient (Wildman–Crippen LogP) is 4.06. The molecule has 1 aliphatic heterocycles. The van der Waals surface area contributed by atoms with Crippen LogP contribution in [0.3, 0.4) is 0 Å². The predicted molar refractivity (Wildman–Crippen MR) is 99.8 cm³/mol. The van der Waals surface area contributed by atoms with Gasteiger partial charge in [-0.1, -0.05) is 59.7 Å². The molecule has 0 amide bonds. The molecule has 1 heterocycles. The van der Waals surface area contributed by atoms with Gasteiger partial charge in [0.25, 0.3) is 0 Å². The van der Waals surface area contributed by atoms with Gasteiger partial charge in [-0.25, -0.2) is 0 Å². The van der Waals surface area contributed by atoms with Crippen molar-refractivity contribution < 1.29 is 14.6 Å². The van der Waals surface area contributed by atoms with Crippen LogP contribution >= 0.6 is 0 Å². The Kier molecular flexibility index (Phi) is 5.92. The molecule has 0 spiro atoms. The molecule has 0 fully saturated rings. The molecule has 0 aromatic heterocycles. The maximum atomic E-state index is 10.5. The highest BCUT2D eigenvalue weighted by molar-refractivity contribution is 5.54. The van der Waals surface area contributed by atoms with E-state index in [0.717, 1.165) is 22.4 Å². The maximum Gasteiger partial charge on any atom is 0.123 e. The molecule has 26 heavy (non-hydrogen) atoms. The summed E-state index contributed by atoms with van der Waals surface area (Å²) in [5.41, 5.74) is 11.6. The minimum Gasteiger partial charge on any atom is -0.496 e. The summed E-state index contributed by atoms with van der Waals surface area (Å²) in [6.07, 6.45) is 2.58. The van der Waals surface area contributed by atoms with Crippen LogP contribution in [0.4, 0.5) is 0 Å². The highest BCUT2D eigenvalue weighted by Gasteiger charge is 2.35. The highest BCUT2D eigenvalue weighted by atomic mass is 16.5. The van der Waals surface area contributed by atoms with E-state index in [4.69, 9.17) is 15.0 Å². The Bertz CT molecular complexity index is 802. The van der Waals surface area contributed by atoms with Crippen LogP contribution in [0.15, 0.2) is 59.7 Å². The van der Waals surface area contributed by atoms with Gasteiger partial charge >= 0.3 is 0 Å². The Hall–Kier alpha value is -2.79. The number of rotatable bonds is 6. The second kappa shape index (κ2) is 8.54. The van der Waals surface area contributed by atoms with Crippen LogP contribution in [-0.4, -0.2) is 31.0 Å². The molecule has 0 unspecified atom stereocenters. The normalized spacial score (nSPS) is 20.2. The molecule has 2 aromatic rings. The molecule has 0 aliphatic carbocycles. The topological polar surface area (TPSA) is 87.5 Å². The monoisotopic (exact) mass is 351 g/mol. The summed E-state index contributed by atoms with van der Waals surface area (Å²) in [6.45, 7) is 0.335. The number of ether oxygens (including phenoxy) is 2. The van der Waals surface area contributed by atoms with E-state index in [1.165, 1.54) is 0 Å². The van der Waals surface area contributed by atoms with Crippen LogP contribution in [0, 0.1) is 0 Å². The van der Waals surface area contributed by atoms with Gasteiger partial charge in [-0.2, -0.15) is 0 Å². The van der Waals surface area contributed by atoms with Crippen molar-refractivity contribution in [2.24, 2.45) is 5.11 Å². The van der Waals surface area contributed by atoms with Gasteiger partial charge in [0.2, 0.25) is 0 Å². The molecule has 0 saturated carbocycles. The Morgan fingerprint density at radius 3 is 2.85 bits per heavy atom. The van der Waals surface area contributed by atoms with Gasteiger partial charge in [-0.05, 0) is 22.7 Å². The van der Waals surface area contributed by atoms with Gasteiger partial charge in [0.05, 0.1) is 32.5 Å². The molecule has 0 saturated heterocycles. The van der Waals surface area contributed by atoms with Crippen LogP contribution in [0.1, 0.15) is 22.6 Å². The van der Waals surface area contributed by atoms with Crippen LogP contribution in [-0.2, 0) is 11.3 Å². The number of benzene rings is 2. The number of nitrogens with zero attached hydrogens (tertiary/aromatic N) is 3. The molecule has 134 valence electrons. The van der Waals surface area contributed by atoms with E-state index in [2.05, 4.69) is 10.0 Å². The molecule has 0 bridgehead atoms. The zero-order valence-corrected chi connectivity index (χ0v) is 14.5. The smallest absolute Gasteiger partial charge is 0.123 e. The Balaban J connectivity index is 2.00. The molecule has 1 N–H and O–H groups in total. The molecule has 6 heteroatoms. The first-order valence-corrected chi connectivity index (χ1v) is 8.44. The average Bonchev–Trinajstić information content (AvgIpc) is 2.70. The lowest BCUT2D eigenvalue weighted by Crippen LogP contribution is -2.39. The lowest BCUT2D eigenvalue weighted by atomic mass is 9.83. The molecule has 2 aromatic carbocycles. The Morgan fingerprint density at radius 1 is 1.31 bits per heavy atom. The van der Waals surface area contributed by atoms with Crippen LogP contribution < -0.4 is 4.74 Å². The third kappa shape index (κ3) is 3.89. The van der Waals surface area contributed by atoms with Gasteiger partial charge in [-0.15, -0.1) is 0 Å². The fourth-order valence-electron chi connectivity index (χ4n) is 3.28. The Labute approximate surface area is 152 Å². The van der Waals surface area contributed by atoms with Gasteiger partial charge in [-0.3, -0.25) is 0 Å². The molecule has 0 radical (unpaired) electrons. The minimum atomic E-state index is -0.908. The van der Waals surface area contributed by atoms with E-state index >= 15 is 0 Å². The molecule has 6 nitrogen and oxygen atoms in total. The summed E-state index contributed by atoms with van der Waals surface area (Å²) in [6, 6.07) is 15.8. The summed E-state index contributed by atoms with van der Waals surface area (Å²) < 4.78 is 11.5. The third-order valence-electron chi connectivity index (χ3n) is 4.50. The number of hydrogen-bond donors (Lipinski definition) is 1. The first-order valence-electron chi connectivity index (χ1n) is 8.44. The van der Waals surface area contributed by atoms with E-state index in [0.29, 0.717) is 6.61 Å². The van der Waals surface area contributed by atoms with Crippen molar-refractivity contribution in [2.45, 2.75) is 24.7 Å². The Morgan fingerprint density at radius 2 is 2.12 bits per heavy atom. The van der Waals surface area contributed by atoms with E-state index in [9.17, 15) is 5.11 Å². The van der Waals surface area contributed by atoms with Crippen molar-refractivity contribution in [3.63, 3.8) is 0 Å². The second-order valence-electron chi connectivity index (χ2n) is 6.09. The van der Waals surface area contributed by atoms with Crippen molar-refractivity contribution >= 4 is 6.08 Å². The van der Waals surface area contributed by atoms with Crippen molar-refractivity contribution in [3.05, 3.63) is 81.7 Å². The van der Waals surface area contributed by atoms with E-state index in [1.807, 2.05) is 60.7 Å². The quantitative estimate of drug-likeness (QED) is 0.483. The van der Waals surface area contributed by atoms with E-state index in [-0.39, 0.29) is 12.5 Å². The maximum absolute atomic E-state index is 10.5. The zero-order chi connectivity index (χ0) is 18.4. The fraction of sp³-hybridized carbons (Fsp3) is 0.300. The second-order valence-corrected chi connectivity index (χ2v) is 6.09. The molecular formula is C20H21N3O3. The van der Waals surface area contributed by atoms with Gasteiger partial charge in [0.15, 0.2) is 0 Å². The first-order chi connectivity index (χ1) is 12.7. The average molecular weight is 351 g/mol. The molecule has 3 rings (SSSR count). The van der Waals surface area contributed by atoms with Crippen LogP contribution in [0.5, 0.6) is 5.75 Å². The fourth-order valence-corrected chi connectivity index (χ4v) is 3.28. The summed E-state index contributed by atoms with van der Waals surface area (Å²) in [4.78, 5) is 2.73. The van der Waals surface area contributed by atoms with Crippen molar-refractivity contribution in [3.8, 4) is 5.75 Å². The number of fused-ring (bicyclic) bond motifs is 1. The van der Waals surface area contributed by atoms with E-state index < -0.39 is 12.2 Å². The molecular weight excluding hydrogens is 330 g/mol. The van der Waals surface area contributed by atoms with E-state index in [1.54, 1.807) is 7.11 Å². The van der Waals surface area contributed by atoms with Crippen molar-refractivity contribution in [2.75, 3.05) is 13.7 Å². The summed E-state index contributed by atoms with van der Waals surface area (Å²) >= 11 is 0. The number of azide groups is 1. The number of aliphatic hydroxyl groups excluding tert-OH is 1. The highest BCUT2D eigenvalue weighted by Crippen LogP contribution is 2.40. The summed E-state index contributed by atoms with van der Waals surface area (Å²) in [5.74, 6) is 0.536. The van der Waals surface area contributed by atoms with Gasteiger partial charge < -0.3 is 14.6 Å². The number of methoxy groups -OCH3 is 1. The van der Waals surface area contributed by atoms with Crippen LogP contribution in [0.2, 0.25) is 0 Å². The number of aliphatic hydroxyl groups is 1. The standard InChI is InChI=1S/C20H21N3O3/c1-25-18-9-5-8-15-13-26-20(17(24)12-22-23-21)16(19(15)18)11-10-14-6-3-2-4-7-14/h2-11,16-17,20,24H,12-13H2,1H3/t16-,17+,20-/m0/s1. The number of hydrogen-bond acceptors (Lipinski definition) is 4. The lowest BCUT2D eigenvalue weighted by Gasteiger charge is -2.35. The zero-order valence-electron chi connectivity index (χ0n) is 14.5. The molecule has 1 aliphatic rings. The van der Waals surface area contributed by atoms with Gasteiger partial charge in [0, 0.05) is 16.4 Å². The van der Waals surface area contributed by atoms with Gasteiger partial charge in [0.1, 0.15) is 5.75 Å². The SMILES string of the molecule is COc1cccc2c1[C@H](C=Cc1ccccc1)[C@@H]([C@H](O)CN=[N+]=[N-])OC2. The minimum absolute atomic E-state index is 0.0404. The van der Waals surface area contributed by atoms with Crippen LogP contribution in [0.25, 0.3) is 16.5 Å². The molecule has 3 atom stereocenters. The third-order valence-corrected chi connectivity index (χ3v) is 4.50. The van der Waals surface area contributed by atoms with Crippen molar-refractivity contribution in [1.29, 1.82) is 0 Å².